The summed E-state index contributed by atoms with van der Waals surface area (Å²) < 4.78 is 90.7. The number of rotatable bonds is 13. The normalized spacial score (nSPS) is 13.4. The summed E-state index contributed by atoms with van der Waals surface area (Å²) >= 11 is 0. The fourth-order valence-electron chi connectivity index (χ4n) is 5.39. The Hall–Kier alpha value is -4.78. The number of nitrogens with one attached hydrogen (secondary N) is 3. The molecule has 3 aromatic rings. The quantitative estimate of drug-likeness (QED) is 0.0999. The Bertz CT molecular complexity index is 1690. The Kier molecular flexibility index (Phi) is 17.6. The van der Waals surface area contributed by atoms with Gasteiger partial charge in [-0.1, -0.05) is 37.5 Å². The number of aliphatic carboxylic acids is 2. The van der Waals surface area contributed by atoms with Crippen molar-refractivity contribution in [3.8, 4) is 5.75 Å². The predicted octanol–water partition coefficient (Wildman–Crippen LogP) is 5.29. The minimum Gasteiger partial charge on any atom is -0.506 e. The van der Waals surface area contributed by atoms with Gasteiger partial charge >= 0.3 is 24.3 Å². The highest BCUT2D eigenvalue weighted by Crippen LogP contribution is 2.25. The highest BCUT2D eigenvalue weighted by atomic mass is 19.4. The maximum atomic E-state index is 13.8. The van der Waals surface area contributed by atoms with E-state index in [9.17, 15) is 49.8 Å². The van der Waals surface area contributed by atoms with E-state index in [1.165, 1.54) is 18.6 Å². The molecule has 294 valence electrons. The minimum absolute atomic E-state index is 0.0525. The first-order valence-corrected chi connectivity index (χ1v) is 16.4. The van der Waals surface area contributed by atoms with Crippen molar-refractivity contribution in [1.29, 1.82) is 0 Å². The average molecular weight is 769 g/mol. The molecule has 6 N–H and O–H groups in total. The molecule has 1 aliphatic rings. The second-order valence-corrected chi connectivity index (χ2v) is 11.8. The third kappa shape index (κ3) is 15.4. The lowest BCUT2D eigenvalue weighted by molar-refractivity contribution is -0.193. The van der Waals surface area contributed by atoms with Crippen molar-refractivity contribution in [2.45, 2.75) is 69.8 Å². The van der Waals surface area contributed by atoms with Gasteiger partial charge in [0.1, 0.15) is 5.75 Å². The second kappa shape index (κ2) is 21.1. The first-order valence-electron chi connectivity index (χ1n) is 16.4. The molecule has 0 bridgehead atoms. The SMILES string of the molecule is O=C(CCNCCc1cccc(F)c1F)N(CCNCCc1ccc(O)c2[nH]c(=O)ccc12)C1CCCCC1.O=C(O)C(F)(F)F.O=C(O)C(F)(F)F. The van der Waals surface area contributed by atoms with Crippen LogP contribution in [0.2, 0.25) is 0 Å². The molecule has 0 spiro atoms. The van der Waals surface area contributed by atoms with E-state index in [0.717, 1.165) is 49.1 Å². The number of fused-ring (bicyclic) bond motifs is 1. The van der Waals surface area contributed by atoms with Crippen LogP contribution in [-0.4, -0.2) is 94.2 Å². The second-order valence-electron chi connectivity index (χ2n) is 11.8. The topological polar surface area (TPSA) is 172 Å². The summed E-state index contributed by atoms with van der Waals surface area (Å²) in [6, 6.07) is 11.1. The molecular formula is C34H40F8N4O7. The molecule has 1 aromatic heterocycles. The van der Waals surface area contributed by atoms with Gasteiger partial charge in [0.2, 0.25) is 11.5 Å². The Morgan fingerprint density at radius 3 is 1.92 bits per heavy atom. The van der Waals surface area contributed by atoms with Gasteiger partial charge in [-0.15, -0.1) is 0 Å². The van der Waals surface area contributed by atoms with Gasteiger partial charge in [-0.25, -0.2) is 18.4 Å². The fraction of sp³-hybridized carbons (Fsp3) is 0.471. The van der Waals surface area contributed by atoms with Crippen LogP contribution in [0.5, 0.6) is 5.75 Å². The molecule has 1 aliphatic carbocycles. The molecule has 0 unspecified atom stereocenters. The predicted molar refractivity (Wildman–Crippen MR) is 176 cm³/mol. The monoisotopic (exact) mass is 768 g/mol. The van der Waals surface area contributed by atoms with Gasteiger partial charge in [-0.3, -0.25) is 9.59 Å². The highest BCUT2D eigenvalue weighted by molar-refractivity contribution is 5.87. The number of alkyl halides is 6. The summed E-state index contributed by atoms with van der Waals surface area (Å²) in [4.78, 5) is 47.3. The number of aromatic amines is 1. The number of H-pyrrole nitrogens is 1. The summed E-state index contributed by atoms with van der Waals surface area (Å²) in [6.07, 6.45) is -3.20. The first-order chi connectivity index (χ1) is 24.8. The molecule has 0 saturated heterocycles. The molecular weight excluding hydrogens is 728 g/mol. The highest BCUT2D eigenvalue weighted by Gasteiger charge is 2.39. The number of nitrogens with zero attached hydrogens (tertiary/aromatic N) is 1. The zero-order valence-electron chi connectivity index (χ0n) is 28.3. The van der Waals surface area contributed by atoms with Gasteiger partial charge in [0.05, 0.1) is 5.52 Å². The lowest BCUT2D eigenvalue weighted by Crippen LogP contribution is -2.45. The molecule has 0 radical (unpaired) electrons. The first kappa shape index (κ1) is 44.4. The number of phenolic OH excluding ortho intramolecular Hbond substituents is 1. The van der Waals surface area contributed by atoms with E-state index < -0.39 is 35.9 Å². The molecule has 0 aliphatic heterocycles. The summed E-state index contributed by atoms with van der Waals surface area (Å²) in [5, 5.41) is 31.8. The molecule has 1 heterocycles. The molecule has 1 amide bonds. The number of pyridine rings is 1. The summed E-state index contributed by atoms with van der Waals surface area (Å²) in [6.45, 7) is 2.95. The lowest BCUT2D eigenvalue weighted by Gasteiger charge is -2.34. The zero-order valence-corrected chi connectivity index (χ0v) is 28.3. The van der Waals surface area contributed by atoms with E-state index >= 15 is 0 Å². The van der Waals surface area contributed by atoms with Crippen LogP contribution < -0.4 is 16.2 Å². The number of hydrogen-bond acceptors (Lipinski definition) is 7. The van der Waals surface area contributed by atoms with Crippen molar-refractivity contribution in [2.75, 3.05) is 32.7 Å². The number of carboxylic acid groups (broad SMARTS) is 2. The zero-order chi connectivity index (χ0) is 39.8. The number of aromatic hydroxyl groups is 1. The average Bonchev–Trinajstić information content (AvgIpc) is 3.09. The number of amides is 1. The van der Waals surface area contributed by atoms with Crippen molar-refractivity contribution >= 4 is 28.7 Å². The number of hydrogen-bond donors (Lipinski definition) is 6. The molecule has 53 heavy (non-hydrogen) atoms. The third-order valence-electron chi connectivity index (χ3n) is 8.00. The van der Waals surface area contributed by atoms with Gasteiger partial charge < -0.3 is 35.8 Å². The number of carboxylic acids is 2. The van der Waals surface area contributed by atoms with Gasteiger partial charge in [0.25, 0.3) is 0 Å². The van der Waals surface area contributed by atoms with Gasteiger partial charge in [-0.05, 0) is 68.1 Å². The Morgan fingerprint density at radius 1 is 0.774 bits per heavy atom. The van der Waals surface area contributed by atoms with Crippen molar-refractivity contribution < 1.29 is 64.8 Å². The summed E-state index contributed by atoms with van der Waals surface area (Å²) in [5.41, 5.74) is 1.55. The van der Waals surface area contributed by atoms with Crippen LogP contribution in [0.4, 0.5) is 35.1 Å². The number of carbonyl (C=O) groups excluding carboxylic acids is 1. The van der Waals surface area contributed by atoms with Crippen molar-refractivity contribution in [3.05, 3.63) is 75.6 Å². The van der Waals surface area contributed by atoms with Crippen LogP contribution in [0, 0.1) is 11.6 Å². The molecule has 1 fully saturated rings. The molecule has 11 nitrogen and oxygen atoms in total. The number of aromatic nitrogens is 1. The Labute approximate surface area is 298 Å². The van der Waals surface area contributed by atoms with Crippen LogP contribution in [0.1, 0.15) is 49.7 Å². The van der Waals surface area contributed by atoms with Crippen LogP contribution in [0.15, 0.2) is 47.3 Å². The number of benzene rings is 2. The van der Waals surface area contributed by atoms with E-state index in [1.807, 2.05) is 11.0 Å². The standard InChI is InChI=1S/C30H38F2N4O3.2C2HF3O2/c31-25-8-4-5-22(29(25)32)14-17-33-18-15-28(39)36(23-6-2-1-3-7-23)20-19-34-16-13-21-9-11-26(37)30-24(21)10-12-27(38)35-30;2*3-2(4,5)1(6)7/h4-5,8-12,23,33-34,37H,1-3,6-7,13-20H2,(H,35,38);2*(H,6,7). The van der Waals surface area contributed by atoms with E-state index in [0.29, 0.717) is 56.6 Å². The van der Waals surface area contributed by atoms with Crippen LogP contribution in [0.25, 0.3) is 10.9 Å². The smallest absolute Gasteiger partial charge is 0.490 e. The largest absolute Gasteiger partial charge is 0.506 e. The Morgan fingerprint density at radius 2 is 1.34 bits per heavy atom. The van der Waals surface area contributed by atoms with E-state index in [-0.39, 0.29) is 23.3 Å². The minimum atomic E-state index is -5.08. The van der Waals surface area contributed by atoms with Crippen LogP contribution in [0.3, 0.4) is 0 Å². The number of halogens is 8. The molecule has 0 atom stereocenters. The Balaban J connectivity index is 0.000000587. The molecule has 2 aromatic carbocycles. The maximum Gasteiger partial charge on any atom is 0.490 e. The van der Waals surface area contributed by atoms with Crippen molar-refractivity contribution in [3.63, 3.8) is 0 Å². The van der Waals surface area contributed by atoms with E-state index in [4.69, 9.17) is 19.8 Å². The van der Waals surface area contributed by atoms with Crippen molar-refractivity contribution in [1.82, 2.24) is 20.5 Å². The summed E-state index contributed by atoms with van der Waals surface area (Å²) in [7, 11) is 0. The van der Waals surface area contributed by atoms with Crippen LogP contribution in [-0.2, 0) is 27.2 Å². The third-order valence-corrected chi connectivity index (χ3v) is 8.00. The molecule has 4 rings (SSSR count). The van der Waals surface area contributed by atoms with Crippen molar-refractivity contribution in [2.24, 2.45) is 0 Å². The number of carbonyl (C=O) groups is 3. The lowest BCUT2D eigenvalue weighted by atomic mass is 9.94. The van der Waals surface area contributed by atoms with E-state index in [2.05, 4.69) is 15.6 Å². The fourth-order valence-corrected chi connectivity index (χ4v) is 5.39. The summed E-state index contributed by atoms with van der Waals surface area (Å²) in [5.74, 6) is -7.00. The van der Waals surface area contributed by atoms with E-state index in [1.54, 1.807) is 18.2 Å². The maximum absolute atomic E-state index is 13.8. The van der Waals surface area contributed by atoms with Gasteiger partial charge in [0, 0.05) is 43.5 Å². The number of phenols is 1. The van der Waals surface area contributed by atoms with Gasteiger partial charge in [0.15, 0.2) is 11.6 Å². The molecule has 19 heteroatoms. The van der Waals surface area contributed by atoms with Gasteiger partial charge in [-0.2, -0.15) is 26.3 Å². The van der Waals surface area contributed by atoms with Crippen LogP contribution >= 0.6 is 0 Å². The molecule has 1 saturated carbocycles.